The average Bonchev–Trinajstić information content (AvgIpc) is 3.29. The molecule has 0 fully saturated rings. The smallest absolute Gasteiger partial charge is 0.0725 e. The first-order valence-corrected chi connectivity index (χ1v) is 11.3. The molecule has 1 unspecified atom stereocenters. The predicted octanol–water partition coefficient (Wildman–Crippen LogP) is 8.40. The molecule has 1 aliphatic rings. The zero-order valence-corrected chi connectivity index (χ0v) is 21.1. The van der Waals surface area contributed by atoms with E-state index in [9.17, 15) is 0 Å². The summed E-state index contributed by atoms with van der Waals surface area (Å²) in [5, 5.41) is 2.99. The summed E-state index contributed by atoms with van der Waals surface area (Å²) in [5.74, 6) is 0.384. The van der Waals surface area contributed by atoms with Gasteiger partial charge in [-0.1, -0.05) is 102 Å². The molecule has 0 bridgehead atoms. The zero-order valence-electron chi connectivity index (χ0n) is 21.1. The summed E-state index contributed by atoms with van der Waals surface area (Å²) in [5.41, 5.74) is 9.61. The molecule has 3 rings (SSSR count). The van der Waals surface area contributed by atoms with Gasteiger partial charge in [0.05, 0.1) is 13.2 Å². The van der Waals surface area contributed by atoms with Crippen molar-refractivity contribution in [3.05, 3.63) is 90.2 Å². The van der Waals surface area contributed by atoms with Gasteiger partial charge >= 0.3 is 0 Å². The maximum Gasteiger partial charge on any atom is 0.0725 e. The fourth-order valence-electron chi connectivity index (χ4n) is 2.81. The van der Waals surface area contributed by atoms with E-state index in [1.807, 2.05) is 48.6 Å². The molecule has 1 aliphatic heterocycles. The van der Waals surface area contributed by atoms with Crippen molar-refractivity contribution in [2.75, 3.05) is 7.05 Å². The topological polar surface area (TPSA) is 21.3 Å². The van der Waals surface area contributed by atoms with E-state index in [1.54, 1.807) is 0 Å². The van der Waals surface area contributed by atoms with Gasteiger partial charge in [0, 0.05) is 18.7 Å². The fourth-order valence-corrected chi connectivity index (χ4v) is 2.81. The Bertz CT molecular complexity index is 830. The van der Waals surface area contributed by atoms with Gasteiger partial charge in [-0.25, -0.2) is 0 Å². The Kier molecular flexibility index (Phi) is 14.0. The number of rotatable bonds is 5. The van der Waals surface area contributed by atoms with Gasteiger partial charge in [-0.2, -0.15) is 0 Å². The van der Waals surface area contributed by atoms with E-state index < -0.39 is 0 Å². The second kappa shape index (κ2) is 15.3. The van der Waals surface area contributed by atoms with E-state index in [0.717, 1.165) is 30.1 Å². The van der Waals surface area contributed by atoms with Crippen LogP contribution in [-0.4, -0.2) is 7.05 Å². The highest BCUT2D eigenvalue weighted by atomic mass is 16.5. The Hall–Kier alpha value is -2.58. The molecule has 0 aromatic heterocycles. The Morgan fingerprint density at radius 2 is 1.35 bits per heavy atom. The average molecular weight is 422 g/mol. The summed E-state index contributed by atoms with van der Waals surface area (Å²) >= 11 is 0. The number of fused-ring (bicyclic) bond motifs is 1. The molecule has 2 aromatic rings. The van der Waals surface area contributed by atoms with Crippen molar-refractivity contribution in [1.29, 1.82) is 0 Å². The monoisotopic (exact) mass is 421 g/mol. The van der Waals surface area contributed by atoms with E-state index >= 15 is 0 Å². The molecule has 1 N–H and O–H groups in total. The Morgan fingerprint density at radius 1 is 0.839 bits per heavy atom. The minimum atomic E-state index is 0.384. The van der Waals surface area contributed by atoms with E-state index in [0.29, 0.717) is 5.92 Å². The lowest BCUT2D eigenvalue weighted by Crippen LogP contribution is -2.12. The molecule has 1 heterocycles. The van der Waals surface area contributed by atoms with Crippen LogP contribution in [0.3, 0.4) is 0 Å². The van der Waals surface area contributed by atoms with Crippen LogP contribution in [0.2, 0.25) is 0 Å². The van der Waals surface area contributed by atoms with Crippen LogP contribution in [0, 0.1) is 5.92 Å². The van der Waals surface area contributed by atoms with Gasteiger partial charge < -0.3 is 10.1 Å². The molecule has 0 saturated heterocycles. The molecule has 0 aliphatic carbocycles. The van der Waals surface area contributed by atoms with Crippen LogP contribution in [0.4, 0.5) is 0 Å². The molecular weight excluding hydrogens is 378 g/mol. The number of nitrogens with one attached hydrogen (secondary N) is 1. The van der Waals surface area contributed by atoms with Gasteiger partial charge in [0.15, 0.2) is 0 Å². The van der Waals surface area contributed by atoms with Crippen LogP contribution in [-0.2, 0) is 18.0 Å². The standard InChI is InChI=1S/C17H16O.C8H15N.2C2H6/c1-12(2)13-3-5-14(6-4-13)15-7-8-16-10-18-11-17(16)9-15;1-6(2)7(3)8(4)9-5;2*1-2/h3-9H,1,10-11H2,2H3;7,9H,1,4H2,2-3,5H3;2*1-2H3. The molecule has 170 valence electrons. The summed E-state index contributed by atoms with van der Waals surface area (Å²) in [4.78, 5) is 0. The van der Waals surface area contributed by atoms with Crippen molar-refractivity contribution in [3.8, 4) is 11.1 Å². The number of ether oxygens (including phenoxy) is 1. The van der Waals surface area contributed by atoms with Crippen LogP contribution >= 0.6 is 0 Å². The summed E-state index contributed by atoms with van der Waals surface area (Å²) < 4.78 is 5.44. The first kappa shape index (κ1) is 28.4. The first-order valence-electron chi connectivity index (χ1n) is 11.3. The maximum absolute atomic E-state index is 5.44. The molecule has 1 atom stereocenters. The van der Waals surface area contributed by atoms with Crippen LogP contribution in [0.5, 0.6) is 0 Å². The SMILES string of the molecule is C=C(C)C(C)C(=C)NC.C=C(C)c1ccc(-c2ccc3c(c2)COC3)cc1.CC.CC. The van der Waals surface area contributed by atoms with E-state index in [4.69, 9.17) is 4.74 Å². The van der Waals surface area contributed by atoms with Crippen LogP contribution in [0.15, 0.2) is 73.5 Å². The maximum atomic E-state index is 5.44. The summed E-state index contributed by atoms with van der Waals surface area (Å²) in [6.45, 7) is 27.2. The van der Waals surface area contributed by atoms with Crippen molar-refractivity contribution in [1.82, 2.24) is 5.32 Å². The third-order valence-corrected chi connectivity index (χ3v) is 5.02. The van der Waals surface area contributed by atoms with Gasteiger partial charge in [-0.05, 0) is 47.7 Å². The second-order valence-electron chi connectivity index (χ2n) is 7.18. The lowest BCUT2D eigenvalue weighted by molar-refractivity contribution is 0.134. The van der Waals surface area contributed by atoms with Gasteiger partial charge in [0.25, 0.3) is 0 Å². The molecule has 0 radical (unpaired) electrons. The fraction of sp³-hybridized carbons (Fsp3) is 0.379. The minimum absolute atomic E-state index is 0.384. The van der Waals surface area contributed by atoms with Crippen molar-refractivity contribution in [2.45, 2.75) is 61.7 Å². The molecule has 0 saturated carbocycles. The highest BCUT2D eigenvalue weighted by Gasteiger charge is 2.11. The molecule has 2 heteroatoms. The molecule has 0 spiro atoms. The van der Waals surface area contributed by atoms with E-state index in [2.05, 4.69) is 74.4 Å². The third kappa shape index (κ3) is 8.98. The highest BCUT2D eigenvalue weighted by Crippen LogP contribution is 2.27. The van der Waals surface area contributed by atoms with Crippen molar-refractivity contribution in [2.24, 2.45) is 5.92 Å². The van der Waals surface area contributed by atoms with Crippen LogP contribution < -0.4 is 5.32 Å². The zero-order chi connectivity index (χ0) is 24.0. The largest absolute Gasteiger partial charge is 0.391 e. The van der Waals surface area contributed by atoms with Crippen LogP contribution in [0.1, 0.15) is 65.2 Å². The lowest BCUT2D eigenvalue weighted by atomic mass is 9.98. The molecular formula is C29H43NO. The summed E-state index contributed by atoms with van der Waals surface area (Å²) in [7, 11) is 1.88. The molecule has 0 amide bonds. The number of benzene rings is 2. The number of allylic oxidation sites excluding steroid dienone is 2. The Balaban J connectivity index is 0.000000591. The van der Waals surface area contributed by atoms with Crippen molar-refractivity contribution >= 4 is 5.57 Å². The highest BCUT2D eigenvalue weighted by molar-refractivity contribution is 5.69. The first-order chi connectivity index (χ1) is 14.8. The van der Waals surface area contributed by atoms with E-state index in [-0.39, 0.29) is 0 Å². The molecule has 2 aromatic carbocycles. The quantitative estimate of drug-likeness (QED) is 0.489. The van der Waals surface area contributed by atoms with Gasteiger partial charge in [-0.3, -0.25) is 0 Å². The predicted molar refractivity (Wildman–Crippen MR) is 140 cm³/mol. The van der Waals surface area contributed by atoms with Gasteiger partial charge in [0.2, 0.25) is 0 Å². The van der Waals surface area contributed by atoms with Crippen molar-refractivity contribution < 1.29 is 4.74 Å². The molecule has 2 nitrogen and oxygen atoms in total. The molecule has 31 heavy (non-hydrogen) atoms. The normalized spacial score (nSPS) is 11.7. The van der Waals surface area contributed by atoms with Crippen LogP contribution in [0.25, 0.3) is 16.7 Å². The van der Waals surface area contributed by atoms with Gasteiger partial charge in [0.1, 0.15) is 0 Å². The number of hydrogen-bond donors (Lipinski definition) is 1. The summed E-state index contributed by atoms with van der Waals surface area (Å²) in [6.07, 6.45) is 0. The third-order valence-electron chi connectivity index (χ3n) is 5.02. The number of hydrogen-bond acceptors (Lipinski definition) is 2. The lowest BCUT2D eigenvalue weighted by Gasteiger charge is -2.13. The van der Waals surface area contributed by atoms with Crippen molar-refractivity contribution in [3.63, 3.8) is 0 Å². The van der Waals surface area contributed by atoms with E-state index in [1.165, 1.54) is 27.8 Å². The Labute approximate surface area is 191 Å². The minimum Gasteiger partial charge on any atom is -0.391 e. The summed E-state index contributed by atoms with van der Waals surface area (Å²) in [6, 6.07) is 15.1. The second-order valence-corrected chi connectivity index (χ2v) is 7.18. The van der Waals surface area contributed by atoms with Gasteiger partial charge in [-0.15, -0.1) is 0 Å². The Morgan fingerprint density at radius 3 is 1.81 bits per heavy atom.